The van der Waals surface area contributed by atoms with Gasteiger partial charge in [0.1, 0.15) is 5.76 Å². The van der Waals surface area contributed by atoms with Crippen molar-refractivity contribution in [3.05, 3.63) is 47.1 Å². The van der Waals surface area contributed by atoms with Crippen LogP contribution in [0.1, 0.15) is 0 Å². The number of rotatable bonds is 3. The zero-order chi connectivity index (χ0) is 13.8. The number of methoxy groups -OCH3 is 1. The van der Waals surface area contributed by atoms with Gasteiger partial charge >= 0.3 is 5.78 Å². The molecule has 2 aliphatic rings. The Kier molecular flexibility index (Phi) is 4.43. The molecule has 0 bridgehead atoms. The van der Waals surface area contributed by atoms with Crippen molar-refractivity contribution in [3.8, 4) is 0 Å². The number of allylic oxidation sites excluding steroid dienone is 7. The molecule has 0 saturated heterocycles. The van der Waals surface area contributed by atoms with Crippen LogP contribution in [-0.4, -0.2) is 32.0 Å². The Balaban J connectivity index is 2.41. The molecule has 0 aromatic carbocycles. The molecular formula is C15H18NO2S+. The van der Waals surface area contributed by atoms with E-state index in [1.54, 1.807) is 26.0 Å². The van der Waals surface area contributed by atoms with Crippen molar-refractivity contribution in [2.24, 2.45) is 11.8 Å². The summed E-state index contributed by atoms with van der Waals surface area (Å²) in [5.41, 5.74) is 0.608. The standard InChI is InChI=1S/C15H18NO2S/c1-17-10-8-13(18-2)15(14(9-10)19-3)11-6-4-5-7-12(11)16/h4-9,11,15-16H,1-3H3/q+1. The number of carbonyl (C=O) groups excluding carboxylic acids is 1. The van der Waals surface area contributed by atoms with Gasteiger partial charge in [-0.1, -0.05) is 18.2 Å². The Bertz CT molecular complexity index is 502. The highest BCUT2D eigenvalue weighted by atomic mass is 32.2. The fourth-order valence-corrected chi connectivity index (χ4v) is 3.08. The topological polar surface area (TPSA) is 44.4 Å². The van der Waals surface area contributed by atoms with E-state index in [0.29, 0.717) is 5.71 Å². The van der Waals surface area contributed by atoms with Gasteiger partial charge in [-0.2, -0.15) is 0 Å². The van der Waals surface area contributed by atoms with Gasteiger partial charge in [0.2, 0.25) is 0 Å². The number of hydrogen-bond acceptors (Lipinski definition) is 3. The van der Waals surface area contributed by atoms with Crippen molar-refractivity contribution in [3.63, 3.8) is 0 Å². The minimum atomic E-state index is 0.0216. The largest absolute Gasteiger partial charge is 0.500 e. The molecule has 100 valence electrons. The van der Waals surface area contributed by atoms with E-state index in [2.05, 4.69) is 6.08 Å². The summed E-state index contributed by atoms with van der Waals surface area (Å²) in [4.78, 5) is 1.16. The van der Waals surface area contributed by atoms with Crippen molar-refractivity contribution >= 4 is 23.3 Å². The third kappa shape index (κ3) is 2.73. The molecule has 2 aliphatic carbocycles. The molecule has 0 aliphatic heterocycles. The molecule has 2 atom stereocenters. The fraction of sp³-hybridized carbons (Fsp3) is 0.333. The minimum absolute atomic E-state index is 0.0216. The maximum absolute atomic E-state index is 8.11. The molecule has 19 heavy (non-hydrogen) atoms. The van der Waals surface area contributed by atoms with Crippen LogP contribution >= 0.6 is 11.8 Å². The summed E-state index contributed by atoms with van der Waals surface area (Å²) in [5, 5.41) is 8.11. The highest BCUT2D eigenvalue weighted by molar-refractivity contribution is 8.02. The number of thioether (sulfide) groups is 1. The lowest BCUT2D eigenvalue weighted by Gasteiger charge is -2.29. The van der Waals surface area contributed by atoms with Crippen LogP contribution in [0.2, 0.25) is 0 Å². The van der Waals surface area contributed by atoms with E-state index in [4.69, 9.17) is 14.6 Å². The predicted molar refractivity (Wildman–Crippen MR) is 80.6 cm³/mol. The second-order valence-corrected chi connectivity index (χ2v) is 5.19. The number of hydrogen-bond donors (Lipinski definition) is 1. The van der Waals surface area contributed by atoms with Gasteiger partial charge < -0.3 is 10.1 Å². The summed E-state index contributed by atoms with van der Waals surface area (Å²) in [7, 11) is 3.32. The van der Waals surface area contributed by atoms with Crippen molar-refractivity contribution in [2.45, 2.75) is 0 Å². The summed E-state index contributed by atoms with van der Waals surface area (Å²) in [6.07, 6.45) is 13.8. The highest BCUT2D eigenvalue weighted by Crippen LogP contribution is 2.39. The first-order valence-electron chi connectivity index (χ1n) is 6.06. The molecule has 0 saturated carbocycles. The molecule has 0 amide bonds. The second kappa shape index (κ2) is 6.06. The Hall–Kier alpha value is -1.55. The van der Waals surface area contributed by atoms with Crippen LogP contribution < -0.4 is 0 Å². The van der Waals surface area contributed by atoms with Crippen LogP contribution in [0.4, 0.5) is 0 Å². The smallest absolute Gasteiger partial charge is 0.347 e. The first-order chi connectivity index (χ1) is 9.21. The summed E-state index contributed by atoms with van der Waals surface area (Å²) in [6.45, 7) is 0. The van der Waals surface area contributed by atoms with Gasteiger partial charge in [-0.15, -0.1) is 11.8 Å². The van der Waals surface area contributed by atoms with Crippen LogP contribution in [-0.2, 0) is 9.16 Å². The monoisotopic (exact) mass is 276 g/mol. The Morgan fingerprint density at radius 2 is 2.11 bits per heavy atom. The maximum atomic E-state index is 8.11. The predicted octanol–water partition coefficient (Wildman–Crippen LogP) is 2.89. The van der Waals surface area contributed by atoms with Gasteiger partial charge in [0.25, 0.3) is 7.11 Å². The minimum Gasteiger partial charge on any atom is -0.500 e. The lowest BCUT2D eigenvalue weighted by molar-refractivity contribution is -0.417. The average Bonchev–Trinajstić information content (AvgIpc) is 2.46. The Morgan fingerprint density at radius 3 is 2.68 bits per heavy atom. The molecule has 0 aromatic heterocycles. The molecule has 0 radical (unpaired) electrons. The highest BCUT2D eigenvalue weighted by Gasteiger charge is 2.35. The molecule has 1 N–H and O–H groups in total. The first kappa shape index (κ1) is 13.9. The van der Waals surface area contributed by atoms with E-state index in [-0.39, 0.29) is 11.8 Å². The normalized spacial score (nSPS) is 28.4. The van der Waals surface area contributed by atoms with Gasteiger partial charge in [-0.05, 0) is 12.3 Å². The van der Waals surface area contributed by atoms with Crippen LogP contribution in [0.3, 0.4) is 0 Å². The molecule has 0 heterocycles. The SMILES string of the molecule is COC1=CC(=[O+]C)C=C(SC)C1C1C=CC=CC1=N. The van der Waals surface area contributed by atoms with E-state index in [1.807, 2.05) is 36.6 Å². The van der Waals surface area contributed by atoms with Crippen molar-refractivity contribution in [2.75, 3.05) is 20.5 Å². The van der Waals surface area contributed by atoms with E-state index in [1.165, 1.54) is 0 Å². The molecule has 0 spiro atoms. The zero-order valence-electron chi connectivity index (χ0n) is 11.3. The lowest BCUT2D eigenvalue weighted by atomic mass is 9.81. The van der Waals surface area contributed by atoms with E-state index < -0.39 is 0 Å². The lowest BCUT2D eigenvalue weighted by Crippen LogP contribution is -2.27. The van der Waals surface area contributed by atoms with Gasteiger partial charge in [-0.3, -0.25) is 4.42 Å². The molecular weight excluding hydrogens is 258 g/mol. The molecule has 2 rings (SSSR count). The van der Waals surface area contributed by atoms with Crippen molar-refractivity contribution in [1.29, 1.82) is 5.41 Å². The van der Waals surface area contributed by atoms with E-state index in [0.717, 1.165) is 16.4 Å². The van der Waals surface area contributed by atoms with Crippen LogP contribution in [0.25, 0.3) is 0 Å². The van der Waals surface area contributed by atoms with Crippen LogP contribution in [0.5, 0.6) is 0 Å². The summed E-state index contributed by atoms with van der Waals surface area (Å²) in [5.74, 6) is 1.72. The number of ether oxygens (including phenoxy) is 1. The molecule has 0 fully saturated rings. The summed E-state index contributed by atoms with van der Waals surface area (Å²) in [6, 6.07) is 0. The average molecular weight is 276 g/mol. The van der Waals surface area contributed by atoms with Crippen LogP contribution in [0, 0.1) is 17.2 Å². The van der Waals surface area contributed by atoms with Gasteiger partial charge in [0.15, 0.2) is 0 Å². The maximum Gasteiger partial charge on any atom is 0.347 e. The van der Waals surface area contributed by atoms with Crippen molar-refractivity contribution in [1.82, 2.24) is 0 Å². The summed E-state index contributed by atoms with van der Waals surface area (Å²) < 4.78 is 10.8. The molecule has 4 heteroatoms. The third-order valence-electron chi connectivity index (χ3n) is 3.31. The van der Waals surface area contributed by atoms with E-state index >= 15 is 0 Å². The molecule has 3 nitrogen and oxygen atoms in total. The Labute approximate surface area is 117 Å². The molecule has 0 aromatic rings. The first-order valence-corrected chi connectivity index (χ1v) is 7.29. The fourth-order valence-electron chi connectivity index (χ4n) is 2.33. The van der Waals surface area contributed by atoms with E-state index in [9.17, 15) is 0 Å². The quantitative estimate of drug-likeness (QED) is 0.806. The van der Waals surface area contributed by atoms with Crippen molar-refractivity contribution < 1.29 is 9.16 Å². The zero-order valence-corrected chi connectivity index (χ0v) is 12.2. The second-order valence-electron chi connectivity index (χ2n) is 4.31. The van der Waals surface area contributed by atoms with Gasteiger partial charge in [0, 0.05) is 16.5 Å². The van der Waals surface area contributed by atoms with Crippen LogP contribution in [0.15, 0.2) is 47.1 Å². The number of ketones is 1. The van der Waals surface area contributed by atoms with Gasteiger partial charge in [0.05, 0.1) is 25.2 Å². The number of nitrogens with one attached hydrogen (secondary N) is 1. The Morgan fingerprint density at radius 1 is 1.32 bits per heavy atom. The third-order valence-corrected chi connectivity index (χ3v) is 4.16. The van der Waals surface area contributed by atoms with Gasteiger partial charge in [-0.25, -0.2) is 0 Å². The summed E-state index contributed by atoms with van der Waals surface area (Å²) >= 11 is 1.67. The molecule has 2 unspecified atom stereocenters.